The van der Waals surface area contributed by atoms with Gasteiger partial charge in [0.2, 0.25) is 5.91 Å². The summed E-state index contributed by atoms with van der Waals surface area (Å²) >= 11 is 0. The maximum atomic E-state index is 11.6. The van der Waals surface area contributed by atoms with Crippen molar-refractivity contribution in [1.82, 2.24) is 5.32 Å². The second kappa shape index (κ2) is 6.59. The van der Waals surface area contributed by atoms with Crippen molar-refractivity contribution < 1.29 is 14.7 Å². The minimum absolute atomic E-state index is 0.156. The third-order valence-corrected chi connectivity index (χ3v) is 2.46. The SMILES string of the molecule is CC(C)C(NC(=O)/C=C/c1ccccc1)C(=O)O. The molecule has 0 aromatic heterocycles. The van der Waals surface area contributed by atoms with E-state index in [1.54, 1.807) is 19.9 Å². The van der Waals surface area contributed by atoms with Crippen molar-refractivity contribution in [3.05, 3.63) is 42.0 Å². The largest absolute Gasteiger partial charge is 0.480 e. The zero-order valence-electron chi connectivity index (χ0n) is 10.5. The molecule has 0 aliphatic heterocycles. The number of carboxylic acid groups (broad SMARTS) is 1. The molecule has 96 valence electrons. The Morgan fingerprint density at radius 1 is 1.22 bits per heavy atom. The van der Waals surface area contributed by atoms with Crippen molar-refractivity contribution in [2.75, 3.05) is 0 Å². The van der Waals surface area contributed by atoms with Crippen molar-refractivity contribution in [2.24, 2.45) is 5.92 Å². The van der Waals surface area contributed by atoms with E-state index in [9.17, 15) is 9.59 Å². The number of rotatable bonds is 5. The van der Waals surface area contributed by atoms with Crippen molar-refractivity contribution in [2.45, 2.75) is 19.9 Å². The average molecular weight is 247 g/mol. The molecule has 2 N–H and O–H groups in total. The molecule has 1 amide bonds. The third kappa shape index (κ3) is 4.41. The molecule has 0 radical (unpaired) electrons. The lowest BCUT2D eigenvalue weighted by molar-refractivity contribution is -0.142. The van der Waals surface area contributed by atoms with Gasteiger partial charge < -0.3 is 10.4 Å². The van der Waals surface area contributed by atoms with Gasteiger partial charge in [-0.3, -0.25) is 4.79 Å². The van der Waals surface area contributed by atoms with Crippen LogP contribution < -0.4 is 5.32 Å². The van der Waals surface area contributed by atoms with E-state index in [1.165, 1.54) is 6.08 Å². The molecule has 4 heteroatoms. The highest BCUT2D eigenvalue weighted by atomic mass is 16.4. The van der Waals surface area contributed by atoms with E-state index >= 15 is 0 Å². The molecule has 1 aromatic carbocycles. The standard InChI is InChI=1S/C14H17NO3/c1-10(2)13(14(17)18)15-12(16)9-8-11-6-4-3-5-7-11/h3-10,13H,1-2H3,(H,15,16)(H,17,18)/b9-8+. The van der Waals surface area contributed by atoms with E-state index < -0.39 is 17.9 Å². The van der Waals surface area contributed by atoms with Gasteiger partial charge >= 0.3 is 5.97 Å². The zero-order valence-corrected chi connectivity index (χ0v) is 10.5. The van der Waals surface area contributed by atoms with E-state index in [0.717, 1.165) is 5.56 Å². The van der Waals surface area contributed by atoms with Crippen molar-refractivity contribution in [3.63, 3.8) is 0 Å². The zero-order chi connectivity index (χ0) is 13.5. The maximum absolute atomic E-state index is 11.6. The molecule has 0 fully saturated rings. The summed E-state index contributed by atoms with van der Waals surface area (Å²) < 4.78 is 0. The number of nitrogens with one attached hydrogen (secondary N) is 1. The molecular weight excluding hydrogens is 230 g/mol. The average Bonchev–Trinajstić information content (AvgIpc) is 2.34. The highest BCUT2D eigenvalue weighted by molar-refractivity contribution is 5.94. The van der Waals surface area contributed by atoms with Crippen LogP contribution in [-0.2, 0) is 9.59 Å². The second-order valence-electron chi connectivity index (χ2n) is 4.31. The Balaban J connectivity index is 2.61. The summed E-state index contributed by atoms with van der Waals surface area (Å²) in [6.07, 6.45) is 2.99. The van der Waals surface area contributed by atoms with E-state index in [2.05, 4.69) is 5.32 Å². The fourth-order valence-electron chi connectivity index (χ4n) is 1.45. The molecule has 1 rings (SSSR count). The third-order valence-electron chi connectivity index (χ3n) is 2.46. The fraction of sp³-hybridized carbons (Fsp3) is 0.286. The smallest absolute Gasteiger partial charge is 0.326 e. The molecule has 18 heavy (non-hydrogen) atoms. The van der Waals surface area contributed by atoms with Gasteiger partial charge in [-0.1, -0.05) is 44.2 Å². The molecule has 1 atom stereocenters. The van der Waals surface area contributed by atoms with E-state index in [1.807, 2.05) is 30.3 Å². The summed E-state index contributed by atoms with van der Waals surface area (Å²) in [5.41, 5.74) is 0.893. The first-order valence-electron chi connectivity index (χ1n) is 5.77. The van der Waals surface area contributed by atoms with Crippen LogP contribution in [0.1, 0.15) is 19.4 Å². The van der Waals surface area contributed by atoms with Gasteiger partial charge in [-0.25, -0.2) is 4.79 Å². The van der Waals surface area contributed by atoms with Crippen LogP contribution in [0.15, 0.2) is 36.4 Å². The lowest BCUT2D eigenvalue weighted by Crippen LogP contribution is -2.43. The van der Waals surface area contributed by atoms with Gasteiger partial charge in [-0.15, -0.1) is 0 Å². The quantitative estimate of drug-likeness (QED) is 0.781. The Morgan fingerprint density at radius 3 is 2.33 bits per heavy atom. The number of aliphatic carboxylic acids is 1. The number of benzene rings is 1. The van der Waals surface area contributed by atoms with E-state index in [-0.39, 0.29) is 5.92 Å². The highest BCUT2D eigenvalue weighted by Crippen LogP contribution is 2.03. The number of amides is 1. The van der Waals surface area contributed by atoms with Crippen LogP contribution in [0.4, 0.5) is 0 Å². The Hall–Kier alpha value is -2.10. The molecule has 0 saturated carbocycles. The first-order valence-corrected chi connectivity index (χ1v) is 5.77. The number of carboxylic acids is 1. The van der Waals surface area contributed by atoms with Crippen LogP contribution in [0.5, 0.6) is 0 Å². The molecule has 0 spiro atoms. The number of carbonyl (C=O) groups is 2. The Bertz CT molecular complexity index is 438. The molecule has 1 unspecified atom stereocenters. The summed E-state index contributed by atoms with van der Waals surface area (Å²) in [5.74, 6) is -1.58. The number of hydrogen-bond acceptors (Lipinski definition) is 2. The van der Waals surface area contributed by atoms with Crippen LogP contribution >= 0.6 is 0 Å². The number of carbonyl (C=O) groups excluding carboxylic acids is 1. The Labute approximate surface area is 106 Å². The molecule has 0 bridgehead atoms. The van der Waals surface area contributed by atoms with E-state index in [4.69, 9.17) is 5.11 Å². The summed E-state index contributed by atoms with van der Waals surface area (Å²) in [5, 5.41) is 11.4. The van der Waals surface area contributed by atoms with Gasteiger partial charge in [-0.2, -0.15) is 0 Å². The Kier molecular flexibility index (Phi) is 5.11. The van der Waals surface area contributed by atoms with Crippen LogP contribution in [-0.4, -0.2) is 23.0 Å². The predicted molar refractivity (Wildman–Crippen MR) is 69.9 cm³/mol. The first kappa shape index (κ1) is 14.0. The van der Waals surface area contributed by atoms with Crippen LogP contribution in [0, 0.1) is 5.92 Å². The summed E-state index contributed by atoms with van der Waals surface area (Å²) in [7, 11) is 0. The molecule has 0 aliphatic rings. The highest BCUT2D eigenvalue weighted by Gasteiger charge is 2.22. The van der Waals surface area contributed by atoms with Crippen LogP contribution in [0.2, 0.25) is 0 Å². The predicted octanol–water partition coefficient (Wildman–Crippen LogP) is 1.93. The van der Waals surface area contributed by atoms with Gasteiger partial charge in [0.1, 0.15) is 6.04 Å². The Morgan fingerprint density at radius 2 is 1.83 bits per heavy atom. The summed E-state index contributed by atoms with van der Waals surface area (Å²) in [6, 6.07) is 8.48. The second-order valence-corrected chi connectivity index (χ2v) is 4.31. The minimum Gasteiger partial charge on any atom is -0.480 e. The molecule has 0 heterocycles. The molecule has 1 aromatic rings. The van der Waals surface area contributed by atoms with Gasteiger partial charge in [0, 0.05) is 6.08 Å². The van der Waals surface area contributed by atoms with Gasteiger partial charge in [0.25, 0.3) is 0 Å². The fourth-order valence-corrected chi connectivity index (χ4v) is 1.45. The lowest BCUT2D eigenvalue weighted by Gasteiger charge is -2.16. The van der Waals surface area contributed by atoms with Gasteiger partial charge in [0.05, 0.1) is 0 Å². The van der Waals surface area contributed by atoms with Gasteiger partial charge in [-0.05, 0) is 17.6 Å². The maximum Gasteiger partial charge on any atom is 0.326 e. The normalized spacial score (nSPS) is 12.6. The molecular formula is C14H17NO3. The van der Waals surface area contributed by atoms with Crippen molar-refractivity contribution >= 4 is 18.0 Å². The lowest BCUT2D eigenvalue weighted by atomic mass is 10.0. The summed E-state index contributed by atoms with van der Waals surface area (Å²) in [4.78, 5) is 22.5. The topological polar surface area (TPSA) is 66.4 Å². The van der Waals surface area contributed by atoms with Crippen LogP contribution in [0.25, 0.3) is 6.08 Å². The summed E-state index contributed by atoms with van der Waals surface area (Å²) in [6.45, 7) is 3.50. The van der Waals surface area contributed by atoms with Crippen molar-refractivity contribution in [3.8, 4) is 0 Å². The van der Waals surface area contributed by atoms with Crippen molar-refractivity contribution in [1.29, 1.82) is 0 Å². The first-order chi connectivity index (χ1) is 8.50. The number of hydrogen-bond donors (Lipinski definition) is 2. The molecule has 4 nitrogen and oxygen atoms in total. The molecule has 0 saturated heterocycles. The molecule has 0 aliphatic carbocycles. The van der Waals surface area contributed by atoms with Crippen LogP contribution in [0.3, 0.4) is 0 Å². The van der Waals surface area contributed by atoms with Gasteiger partial charge in [0.15, 0.2) is 0 Å². The monoisotopic (exact) mass is 247 g/mol. The minimum atomic E-state index is -1.02. The van der Waals surface area contributed by atoms with E-state index in [0.29, 0.717) is 0 Å².